The van der Waals surface area contributed by atoms with E-state index in [1.807, 2.05) is 11.0 Å². The van der Waals surface area contributed by atoms with Gasteiger partial charge in [-0.25, -0.2) is 0 Å². The summed E-state index contributed by atoms with van der Waals surface area (Å²) in [6.45, 7) is 1.46. The lowest BCUT2D eigenvalue weighted by atomic mass is 9.96. The molecular weight excluding hydrogens is 308 g/mol. The van der Waals surface area contributed by atoms with Crippen molar-refractivity contribution in [1.29, 1.82) is 5.26 Å². The highest BCUT2D eigenvalue weighted by Crippen LogP contribution is 2.31. The Morgan fingerprint density at radius 1 is 1.50 bits per heavy atom. The average Bonchev–Trinajstić information content (AvgIpc) is 3.28. The van der Waals surface area contributed by atoms with Crippen molar-refractivity contribution in [2.45, 2.75) is 12.8 Å². The Bertz CT molecular complexity index is 787. The maximum atomic E-state index is 12.0. The fourth-order valence-electron chi connectivity index (χ4n) is 2.73. The van der Waals surface area contributed by atoms with E-state index >= 15 is 0 Å². The Balaban J connectivity index is 1.70. The number of amides is 1. The summed E-state index contributed by atoms with van der Waals surface area (Å²) < 4.78 is 11.0. The molecule has 0 atom stereocenters. The largest absolute Gasteiger partial charge is 0.459 e. The van der Waals surface area contributed by atoms with Crippen molar-refractivity contribution < 1.29 is 13.6 Å². The molecule has 3 heterocycles. The molecule has 2 aromatic rings. The number of terminal acetylenes is 1. The molecule has 24 heavy (non-hydrogen) atoms. The lowest BCUT2D eigenvalue weighted by Crippen LogP contribution is -2.40. The fraction of sp³-hybridized carbons (Fsp3) is 0.353. The van der Waals surface area contributed by atoms with Gasteiger partial charge in [0.15, 0.2) is 5.76 Å². The molecule has 1 fully saturated rings. The fourth-order valence-corrected chi connectivity index (χ4v) is 2.73. The molecule has 7 heteroatoms. The first-order chi connectivity index (χ1) is 11.7. The van der Waals surface area contributed by atoms with Crippen LogP contribution in [0.25, 0.3) is 11.7 Å². The second-order valence-electron chi connectivity index (χ2n) is 5.45. The van der Waals surface area contributed by atoms with E-state index in [4.69, 9.17) is 15.3 Å². The zero-order valence-electron chi connectivity index (χ0n) is 13.0. The number of oxazole rings is 1. The molecule has 0 saturated carbocycles. The number of carbonyl (C=O) groups excluding carboxylic acids is 1. The van der Waals surface area contributed by atoms with Crippen LogP contribution in [0.3, 0.4) is 0 Å². The number of furan rings is 1. The van der Waals surface area contributed by atoms with Gasteiger partial charge in [0.1, 0.15) is 6.07 Å². The van der Waals surface area contributed by atoms with Crippen LogP contribution in [0.4, 0.5) is 5.88 Å². The van der Waals surface area contributed by atoms with Gasteiger partial charge in [0, 0.05) is 19.0 Å². The third-order valence-electron chi connectivity index (χ3n) is 3.96. The number of nitrogens with one attached hydrogen (secondary N) is 1. The van der Waals surface area contributed by atoms with Gasteiger partial charge in [-0.2, -0.15) is 10.2 Å². The van der Waals surface area contributed by atoms with E-state index in [-0.39, 0.29) is 30.0 Å². The molecule has 1 aliphatic heterocycles. The highest BCUT2D eigenvalue weighted by Gasteiger charge is 2.29. The van der Waals surface area contributed by atoms with Gasteiger partial charge < -0.3 is 19.1 Å². The molecule has 3 rings (SSSR count). The number of nitrogens with zero attached hydrogens (tertiary/aromatic N) is 3. The minimum Gasteiger partial charge on any atom is -0.459 e. The molecule has 0 spiro atoms. The zero-order valence-corrected chi connectivity index (χ0v) is 13.0. The summed E-state index contributed by atoms with van der Waals surface area (Å²) >= 11 is 0. The molecule has 7 nitrogen and oxygen atoms in total. The molecule has 122 valence electrons. The summed E-state index contributed by atoms with van der Waals surface area (Å²) in [6.07, 6.45) is 8.00. The van der Waals surface area contributed by atoms with Crippen LogP contribution in [0.1, 0.15) is 18.5 Å². The average molecular weight is 324 g/mol. The highest BCUT2D eigenvalue weighted by molar-refractivity contribution is 5.79. The summed E-state index contributed by atoms with van der Waals surface area (Å²) in [6, 6.07) is 5.50. The van der Waals surface area contributed by atoms with Crippen molar-refractivity contribution in [3.8, 4) is 30.1 Å². The third kappa shape index (κ3) is 3.11. The summed E-state index contributed by atoms with van der Waals surface area (Å²) in [5.41, 5.74) is 0.219. The molecule has 0 radical (unpaired) electrons. The van der Waals surface area contributed by atoms with E-state index in [1.165, 1.54) is 6.26 Å². The quantitative estimate of drug-likeness (QED) is 0.861. The molecule has 1 saturated heterocycles. The number of rotatable bonds is 4. The van der Waals surface area contributed by atoms with E-state index < -0.39 is 0 Å². The van der Waals surface area contributed by atoms with E-state index in [1.54, 1.807) is 12.1 Å². The number of piperidine rings is 1. The van der Waals surface area contributed by atoms with Crippen molar-refractivity contribution in [1.82, 2.24) is 10.3 Å². The SMILES string of the molecule is C#CCNC(=O)C1CCN(c2oc(-c3ccco3)nc2C#N)CC1. The van der Waals surface area contributed by atoms with Gasteiger partial charge >= 0.3 is 0 Å². The van der Waals surface area contributed by atoms with Gasteiger partial charge in [-0.15, -0.1) is 6.42 Å². The van der Waals surface area contributed by atoms with Crippen LogP contribution in [-0.4, -0.2) is 30.5 Å². The van der Waals surface area contributed by atoms with E-state index in [9.17, 15) is 10.1 Å². The van der Waals surface area contributed by atoms with Gasteiger partial charge in [-0.3, -0.25) is 4.79 Å². The van der Waals surface area contributed by atoms with Gasteiger partial charge in [0.25, 0.3) is 5.89 Å². The minimum atomic E-state index is -0.0763. The van der Waals surface area contributed by atoms with E-state index in [0.717, 1.165) is 0 Å². The van der Waals surface area contributed by atoms with Crippen LogP contribution in [0.15, 0.2) is 27.2 Å². The number of hydrogen-bond donors (Lipinski definition) is 1. The highest BCUT2D eigenvalue weighted by atomic mass is 16.4. The number of hydrogen-bond acceptors (Lipinski definition) is 6. The molecule has 2 aromatic heterocycles. The van der Waals surface area contributed by atoms with Crippen molar-refractivity contribution in [2.75, 3.05) is 24.5 Å². The topological polar surface area (TPSA) is 95.3 Å². The first-order valence-electron chi connectivity index (χ1n) is 7.64. The van der Waals surface area contributed by atoms with Crippen molar-refractivity contribution in [3.05, 3.63) is 24.1 Å². The maximum Gasteiger partial charge on any atom is 0.266 e. The predicted molar refractivity (Wildman–Crippen MR) is 85.7 cm³/mol. The first-order valence-corrected chi connectivity index (χ1v) is 7.64. The normalized spacial score (nSPS) is 14.8. The lowest BCUT2D eigenvalue weighted by Gasteiger charge is -2.30. The Labute approximate surface area is 139 Å². The zero-order chi connectivity index (χ0) is 16.9. The van der Waals surface area contributed by atoms with E-state index in [0.29, 0.717) is 37.6 Å². The predicted octanol–water partition coefficient (Wildman–Crippen LogP) is 1.77. The van der Waals surface area contributed by atoms with Gasteiger partial charge in [0.2, 0.25) is 17.5 Å². The second-order valence-corrected chi connectivity index (χ2v) is 5.45. The molecule has 1 aliphatic rings. The molecule has 1 amide bonds. The Kier molecular flexibility index (Phi) is 4.53. The molecule has 0 unspecified atom stereocenters. The number of carbonyl (C=O) groups is 1. The first kappa shape index (κ1) is 15.7. The van der Waals surface area contributed by atoms with Crippen LogP contribution >= 0.6 is 0 Å². The van der Waals surface area contributed by atoms with Crippen LogP contribution in [-0.2, 0) is 4.79 Å². The van der Waals surface area contributed by atoms with Crippen LogP contribution in [0.5, 0.6) is 0 Å². The number of nitriles is 1. The van der Waals surface area contributed by atoms with Crippen molar-refractivity contribution in [2.24, 2.45) is 5.92 Å². The van der Waals surface area contributed by atoms with Crippen molar-refractivity contribution in [3.63, 3.8) is 0 Å². The van der Waals surface area contributed by atoms with Crippen molar-refractivity contribution >= 4 is 11.8 Å². The monoisotopic (exact) mass is 324 g/mol. The summed E-state index contributed by atoms with van der Waals surface area (Å²) in [5.74, 6) is 3.46. The molecular formula is C17H16N4O3. The Morgan fingerprint density at radius 2 is 2.29 bits per heavy atom. The van der Waals surface area contributed by atoms with Gasteiger partial charge in [0.05, 0.1) is 12.8 Å². The Morgan fingerprint density at radius 3 is 2.92 bits per heavy atom. The summed E-state index contributed by atoms with van der Waals surface area (Å²) in [4.78, 5) is 18.1. The molecule has 0 aliphatic carbocycles. The number of anilines is 1. The number of aromatic nitrogens is 1. The lowest BCUT2D eigenvalue weighted by molar-refractivity contribution is -0.125. The molecule has 0 aromatic carbocycles. The Hall–Kier alpha value is -3.19. The van der Waals surface area contributed by atoms with Crippen LogP contribution in [0, 0.1) is 29.6 Å². The van der Waals surface area contributed by atoms with Crippen LogP contribution in [0.2, 0.25) is 0 Å². The summed E-state index contributed by atoms with van der Waals surface area (Å²) in [5, 5.41) is 12.0. The maximum absolute atomic E-state index is 12.0. The minimum absolute atomic E-state index is 0.0260. The third-order valence-corrected chi connectivity index (χ3v) is 3.96. The molecule has 0 bridgehead atoms. The second kappa shape index (κ2) is 6.93. The summed E-state index contributed by atoms with van der Waals surface area (Å²) in [7, 11) is 0. The van der Waals surface area contributed by atoms with Crippen LogP contribution < -0.4 is 10.2 Å². The molecule has 1 N–H and O–H groups in total. The van der Waals surface area contributed by atoms with Gasteiger partial charge in [-0.1, -0.05) is 5.92 Å². The standard InChI is InChI=1S/C17H16N4O3/c1-2-7-19-15(22)12-5-8-21(9-6-12)17-13(11-18)20-16(24-17)14-4-3-10-23-14/h1,3-4,10,12H,5-9H2,(H,19,22). The smallest absolute Gasteiger partial charge is 0.266 e. The van der Waals surface area contributed by atoms with Gasteiger partial charge in [-0.05, 0) is 25.0 Å². The van der Waals surface area contributed by atoms with E-state index in [2.05, 4.69) is 16.2 Å².